The zero-order chi connectivity index (χ0) is 22.8. The first-order chi connectivity index (χ1) is 14.6. The van der Waals surface area contributed by atoms with Crippen LogP contribution in [0.4, 0.5) is 11.4 Å². The highest BCUT2D eigenvalue weighted by Gasteiger charge is 2.26. The summed E-state index contributed by atoms with van der Waals surface area (Å²) < 4.78 is 0. The van der Waals surface area contributed by atoms with E-state index in [1.54, 1.807) is 12.1 Å². The quantitative estimate of drug-likeness (QED) is 0.603. The number of hydrogen-bond acceptors (Lipinski definition) is 5. The van der Waals surface area contributed by atoms with Crippen LogP contribution in [0.15, 0.2) is 36.4 Å². The number of rotatable bonds is 6. The molecule has 0 bridgehead atoms. The summed E-state index contributed by atoms with van der Waals surface area (Å²) in [4.78, 5) is 49.1. The maximum absolute atomic E-state index is 12.8. The van der Waals surface area contributed by atoms with E-state index >= 15 is 0 Å². The average molecular weight is 424 g/mol. The van der Waals surface area contributed by atoms with Crippen LogP contribution in [0, 0.1) is 5.41 Å². The standard InChI is InChI=1S/C23H24N2O6/c1-23(2)7-9-25(10-8-23)16-4-6-18(22(30)31)19(12-16)24-20(27)17-5-3-14(21(28)29)11-15(17)13-26/h3-6,11-13H,7-10H2,1-2H3,(H,24,27)(H,28,29)(H,30,31). The third-order valence-electron chi connectivity index (χ3n) is 5.63. The van der Waals surface area contributed by atoms with E-state index in [4.69, 9.17) is 5.11 Å². The van der Waals surface area contributed by atoms with E-state index in [9.17, 15) is 24.3 Å². The third kappa shape index (κ3) is 4.91. The molecule has 8 nitrogen and oxygen atoms in total. The number of carbonyl (C=O) groups excluding carboxylic acids is 2. The first-order valence-corrected chi connectivity index (χ1v) is 9.87. The van der Waals surface area contributed by atoms with Gasteiger partial charge in [0.25, 0.3) is 5.91 Å². The van der Waals surface area contributed by atoms with Crippen LogP contribution in [-0.2, 0) is 0 Å². The highest BCUT2D eigenvalue weighted by molar-refractivity contribution is 6.11. The number of carboxylic acid groups (broad SMARTS) is 2. The summed E-state index contributed by atoms with van der Waals surface area (Å²) in [5.74, 6) is -3.11. The summed E-state index contributed by atoms with van der Waals surface area (Å²) in [6, 6.07) is 8.34. The van der Waals surface area contributed by atoms with Gasteiger partial charge in [0.2, 0.25) is 0 Å². The fourth-order valence-corrected chi connectivity index (χ4v) is 3.58. The van der Waals surface area contributed by atoms with Gasteiger partial charge in [-0.1, -0.05) is 13.8 Å². The SMILES string of the molecule is CC1(C)CCN(c2ccc(C(=O)O)c(NC(=O)c3ccc(C(=O)O)cc3C=O)c2)CC1. The molecule has 0 radical (unpaired) electrons. The van der Waals surface area contributed by atoms with Crippen LogP contribution in [0.3, 0.4) is 0 Å². The first kappa shape index (κ1) is 22.0. The van der Waals surface area contributed by atoms with E-state index in [2.05, 4.69) is 24.1 Å². The molecular weight excluding hydrogens is 400 g/mol. The smallest absolute Gasteiger partial charge is 0.337 e. The molecule has 2 aromatic carbocycles. The molecule has 2 aromatic rings. The minimum absolute atomic E-state index is 0.0403. The Kier molecular flexibility index (Phi) is 6.10. The zero-order valence-corrected chi connectivity index (χ0v) is 17.3. The molecule has 162 valence electrons. The molecule has 3 rings (SSSR count). The first-order valence-electron chi connectivity index (χ1n) is 9.87. The van der Waals surface area contributed by atoms with Gasteiger partial charge < -0.3 is 20.4 Å². The lowest BCUT2D eigenvalue weighted by Gasteiger charge is -2.38. The minimum Gasteiger partial charge on any atom is -0.478 e. The molecule has 1 fully saturated rings. The molecule has 1 aliphatic rings. The van der Waals surface area contributed by atoms with Crippen LogP contribution >= 0.6 is 0 Å². The Labute approximate surface area is 179 Å². The van der Waals surface area contributed by atoms with Crippen molar-refractivity contribution in [3.05, 3.63) is 58.7 Å². The Balaban J connectivity index is 1.91. The molecule has 1 aliphatic heterocycles. The number of aromatic carboxylic acids is 2. The largest absolute Gasteiger partial charge is 0.478 e. The van der Waals surface area contributed by atoms with Gasteiger partial charge in [0.15, 0.2) is 6.29 Å². The van der Waals surface area contributed by atoms with Crippen LogP contribution in [0.5, 0.6) is 0 Å². The third-order valence-corrected chi connectivity index (χ3v) is 5.63. The Morgan fingerprint density at radius 3 is 2.19 bits per heavy atom. The molecule has 0 saturated carbocycles. The van der Waals surface area contributed by atoms with Crippen LogP contribution in [-0.4, -0.2) is 47.4 Å². The Morgan fingerprint density at radius 1 is 0.968 bits per heavy atom. The Hall–Kier alpha value is -3.68. The summed E-state index contributed by atoms with van der Waals surface area (Å²) in [6.45, 7) is 6.06. The molecule has 8 heteroatoms. The second-order valence-electron chi connectivity index (χ2n) is 8.37. The van der Waals surface area contributed by atoms with Crippen molar-refractivity contribution in [2.45, 2.75) is 26.7 Å². The van der Waals surface area contributed by atoms with E-state index in [1.807, 2.05) is 0 Å². The lowest BCUT2D eigenvalue weighted by molar-refractivity contribution is 0.0686. The zero-order valence-electron chi connectivity index (χ0n) is 17.3. The number of piperidine rings is 1. The van der Waals surface area contributed by atoms with Gasteiger partial charge >= 0.3 is 11.9 Å². The van der Waals surface area contributed by atoms with Crippen LogP contribution < -0.4 is 10.2 Å². The molecule has 31 heavy (non-hydrogen) atoms. The predicted molar refractivity (Wildman–Crippen MR) is 115 cm³/mol. The van der Waals surface area contributed by atoms with Crippen LogP contribution in [0.1, 0.15) is 68.1 Å². The lowest BCUT2D eigenvalue weighted by Crippen LogP contribution is -2.37. The number of anilines is 2. The van der Waals surface area contributed by atoms with Gasteiger partial charge in [0.05, 0.1) is 22.4 Å². The van der Waals surface area contributed by atoms with Gasteiger partial charge in [-0.15, -0.1) is 0 Å². The minimum atomic E-state index is -1.22. The van der Waals surface area contributed by atoms with Gasteiger partial charge in [-0.3, -0.25) is 9.59 Å². The topological polar surface area (TPSA) is 124 Å². The predicted octanol–water partition coefficient (Wildman–Crippen LogP) is 3.77. The van der Waals surface area contributed by atoms with Gasteiger partial charge in [-0.25, -0.2) is 9.59 Å². The second-order valence-corrected chi connectivity index (χ2v) is 8.37. The molecule has 0 aliphatic carbocycles. The summed E-state index contributed by atoms with van der Waals surface area (Å²) in [5.41, 5.74) is 0.822. The van der Waals surface area contributed by atoms with Crippen molar-refractivity contribution >= 4 is 35.5 Å². The molecule has 3 N–H and O–H groups in total. The summed E-state index contributed by atoms with van der Waals surface area (Å²) >= 11 is 0. The van der Waals surface area contributed by atoms with Gasteiger partial charge in [0.1, 0.15) is 0 Å². The number of nitrogens with zero attached hydrogens (tertiary/aromatic N) is 1. The van der Waals surface area contributed by atoms with E-state index in [0.29, 0.717) is 6.29 Å². The molecular formula is C23H24N2O6. The maximum Gasteiger partial charge on any atom is 0.337 e. The van der Waals surface area contributed by atoms with Gasteiger partial charge in [-0.05, 0) is 54.7 Å². The van der Waals surface area contributed by atoms with E-state index in [0.717, 1.165) is 37.7 Å². The molecule has 0 atom stereocenters. The van der Waals surface area contributed by atoms with Crippen molar-refractivity contribution in [1.82, 2.24) is 0 Å². The lowest BCUT2D eigenvalue weighted by atomic mass is 9.82. The van der Waals surface area contributed by atoms with Crippen molar-refractivity contribution in [2.75, 3.05) is 23.3 Å². The van der Waals surface area contributed by atoms with Crippen molar-refractivity contribution in [3.63, 3.8) is 0 Å². The van der Waals surface area contributed by atoms with Crippen molar-refractivity contribution in [1.29, 1.82) is 0 Å². The summed E-state index contributed by atoms with van der Waals surface area (Å²) in [5, 5.41) is 21.2. The van der Waals surface area contributed by atoms with Crippen molar-refractivity contribution < 1.29 is 29.4 Å². The molecule has 1 heterocycles. The van der Waals surface area contributed by atoms with Crippen molar-refractivity contribution in [3.8, 4) is 0 Å². The van der Waals surface area contributed by atoms with Gasteiger partial charge in [-0.2, -0.15) is 0 Å². The monoisotopic (exact) mass is 424 g/mol. The molecule has 0 spiro atoms. The summed E-state index contributed by atoms with van der Waals surface area (Å²) in [6.07, 6.45) is 2.38. The van der Waals surface area contributed by atoms with E-state index < -0.39 is 17.8 Å². The van der Waals surface area contributed by atoms with Crippen molar-refractivity contribution in [2.24, 2.45) is 5.41 Å². The van der Waals surface area contributed by atoms with E-state index in [1.165, 1.54) is 18.2 Å². The molecule has 1 amide bonds. The Morgan fingerprint density at radius 2 is 1.61 bits per heavy atom. The highest BCUT2D eigenvalue weighted by Crippen LogP contribution is 2.33. The number of amides is 1. The molecule has 0 unspecified atom stereocenters. The number of nitrogens with one attached hydrogen (secondary N) is 1. The molecule has 0 aromatic heterocycles. The van der Waals surface area contributed by atoms with E-state index in [-0.39, 0.29) is 33.4 Å². The maximum atomic E-state index is 12.8. The second kappa shape index (κ2) is 8.59. The van der Waals surface area contributed by atoms with Gasteiger partial charge in [0, 0.05) is 24.3 Å². The van der Waals surface area contributed by atoms with Crippen LogP contribution in [0.25, 0.3) is 0 Å². The normalized spacial score (nSPS) is 15.2. The van der Waals surface area contributed by atoms with Crippen LogP contribution in [0.2, 0.25) is 0 Å². The number of aldehydes is 1. The Bertz CT molecular complexity index is 1050. The highest BCUT2D eigenvalue weighted by atomic mass is 16.4. The molecule has 1 saturated heterocycles. The fraction of sp³-hybridized carbons (Fsp3) is 0.304. The average Bonchev–Trinajstić information content (AvgIpc) is 2.72. The number of benzene rings is 2. The number of carboxylic acids is 2. The number of carbonyl (C=O) groups is 4. The summed E-state index contributed by atoms with van der Waals surface area (Å²) in [7, 11) is 0. The number of hydrogen-bond donors (Lipinski definition) is 3. The fourth-order valence-electron chi connectivity index (χ4n) is 3.58.